The van der Waals surface area contributed by atoms with E-state index in [1.165, 1.54) is 0 Å². The average Bonchev–Trinajstić information content (AvgIpc) is 0. The van der Waals surface area contributed by atoms with Crippen molar-refractivity contribution in [2.45, 2.75) is 0 Å². The van der Waals surface area contributed by atoms with E-state index in [4.69, 9.17) is 0 Å². The van der Waals surface area contributed by atoms with Gasteiger partial charge in [-0.15, -0.1) is 0 Å². The van der Waals surface area contributed by atoms with Crippen LogP contribution in [0.2, 0.25) is 0 Å². The predicted molar refractivity (Wildman–Crippen MR) is 5.49 cm³/mol. The molecule has 0 bridgehead atoms. The molecule has 0 saturated carbocycles. The molecule has 0 rings (SSSR count). The van der Waals surface area contributed by atoms with Crippen molar-refractivity contribution >= 4 is 0 Å². The van der Waals surface area contributed by atoms with Gasteiger partial charge in [0.2, 0.25) is 0 Å². The normalized spacial score (nSPS) is 0. The van der Waals surface area contributed by atoms with Crippen LogP contribution in [0.3, 0.4) is 0 Å². The summed E-state index contributed by atoms with van der Waals surface area (Å²) in [7, 11) is 0. The molecule has 14 heavy (non-hydrogen) atoms. The molecule has 0 aliphatic carbocycles. The monoisotopic (exact) mass is 973 g/mol. The molecule has 0 aromatic heterocycles. The van der Waals surface area contributed by atoms with Crippen LogP contribution in [-0.4, -0.2) is 0 Å². The molecule has 0 N–H and O–H groups in total. The van der Waals surface area contributed by atoms with Gasteiger partial charge in [-0.3, -0.25) is 0 Å². The molecule has 0 atom stereocenters. The zero-order valence-corrected chi connectivity index (χ0v) is 29.0. The topological polar surface area (TPSA) is 228 Å². The van der Waals surface area contributed by atoms with Crippen LogP contribution in [0.4, 0.5) is 0 Å². The van der Waals surface area contributed by atoms with Crippen LogP contribution in [-0.2, 0) is 43.8 Å². The van der Waals surface area contributed by atoms with Crippen LogP contribution < -0.4 is 0 Å². The summed E-state index contributed by atoms with van der Waals surface area (Å²) in [6, 6.07) is 0. The van der Waals surface area contributed by atoms with E-state index in [0.29, 0.717) is 0 Å². The number of hydrogen-bond acceptors (Lipinski definition) is 0. The fourth-order valence-electron chi connectivity index (χ4n) is 0. The Morgan fingerprint density at radius 3 is 0.143 bits per heavy atom. The predicted octanol–water partition coefficient (Wildman–Crippen LogP) is -0.950. The van der Waals surface area contributed by atoms with E-state index in [2.05, 4.69) is 0 Å². The second-order valence-corrected chi connectivity index (χ2v) is 0. The standard InChI is InChI=1S/8O.6Pr/q8*-2;6*+3. The van der Waals surface area contributed by atoms with Gasteiger partial charge in [-0.2, -0.15) is 0 Å². The van der Waals surface area contributed by atoms with E-state index in [9.17, 15) is 0 Å². The second kappa shape index (κ2) is 133. The quantitative estimate of drug-likeness (QED) is 0.286. The minimum atomic E-state index is 0. The van der Waals surface area contributed by atoms with Crippen molar-refractivity contribution in [3.05, 3.63) is 0 Å². The maximum atomic E-state index is 0. The van der Waals surface area contributed by atoms with Gasteiger partial charge in [0.1, 0.15) is 0 Å². The molecule has 0 saturated heterocycles. The van der Waals surface area contributed by atoms with Gasteiger partial charge in [-0.25, -0.2) is 0 Å². The minimum absolute atomic E-state index is 0. The van der Waals surface area contributed by atoms with E-state index in [1.807, 2.05) is 0 Å². The second-order valence-electron chi connectivity index (χ2n) is 0. The summed E-state index contributed by atoms with van der Waals surface area (Å²) in [5, 5.41) is 0. The zero-order chi connectivity index (χ0) is 0. The molecule has 0 aromatic rings. The Morgan fingerprint density at radius 2 is 0.143 bits per heavy atom. The van der Waals surface area contributed by atoms with Gasteiger partial charge in [0.25, 0.3) is 0 Å². The Kier molecular flexibility index (Phi) is 1460. The average molecular weight is 973 g/mol. The summed E-state index contributed by atoms with van der Waals surface area (Å²) in [4.78, 5) is 0. The fraction of sp³-hybridized carbons (Fsp3) is 0. The Hall–Kier alpha value is 7.86. The Bertz CT molecular complexity index is 13.8. The molecule has 0 aliphatic heterocycles. The van der Waals surface area contributed by atoms with Crippen LogP contribution >= 0.6 is 0 Å². The minimum Gasteiger partial charge on any atom is -2.00 e. The smallest absolute Gasteiger partial charge is 2.00 e. The van der Waals surface area contributed by atoms with Gasteiger partial charge in [-0.05, 0) is 0 Å². The summed E-state index contributed by atoms with van der Waals surface area (Å²) in [6.07, 6.45) is 0. The molecule has 64 valence electrons. The van der Waals surface area contributed by atoms with Crippen molar-refractivity contribution in [3.63, 3.8) is 0 Å². The summed E-state index contributed by atoms with van der Waals surface area (Å²) < 4.78 is 0. The van der Waals surface area contributed by atoms with E-state index < -0.39 is 0 Å². The van der Waals surface area contributed by atoms with Crippen LogP contribution in [0.25, 0.3) is 0 Å². The zero-order valence-electron chi connectivity index (χ0n) is 6.73. The molecular formula is O8Pr6+2. The molecular weight excluding hydrogens is 973 g/mol. The first-order valence-corrected chi connectivity index (χ1v) is 0. The van der Waals surface area contributed by atoms with Gasteiger partial charge in [0.15, 0.2) is 0 Å². The third kappa shape index (κ3) is 114. The van der Waals surface area contributed by atoms with Crippen LogP contribution in [0.15, 0.2) is 0 Å². The van der Waals surface area contributed by atoms with Crippen molar-refractivity contribution in [2.75, 3.05) is 0 Å². The van der Waals surface area contributed by atoms with Gasteiger partial charge in [-0.1, -0.05) is 0 Å². The summed E-state index contributed by atoms with van der Waals surface area (Å²) in [6.45, 7) is 0. The van der Waals surface area contributed by atoms with Crippen LogP contribution in [0.5, 0.6) is 0 Å². The number of hydrogen-bond donors (Lipinski definition) is 0. The summed E-state index contributed by atoms with van der Waals surface area (Å²) in [5.41, 5.74) is 0. The summed E-state index contributed by atoms with van der Waals surface area (Å²) in [5.74, 6) is 0. The molecule has 0 spiro atoms. The third-order valence-corrected chi connectivity index (χ3v) is 0. The number of rotatable bonds is 0. The molecule has 0 fully saturated rings. The molecule has 0 radical (unpaired) electrons. The first kappa shape index (κ1) is 154. The maximum Gasteiger partial charge on any atom is 3.00 e. The molecule has 14 heteroatoms. The third-order valence-electron chi connectivity index (χ3n) is 0. The molecule has 0 heterocycles. The SMILES string of the molecule is [O-2].[O-2].[O-2].[O-2].[O-2].[O-2].[O-2].[O-2].[Pr+3].[Pr+3].[Pr+3].[Pr+3].[Pr+3].[Pr+3]. The van der Waals surface area contributed by atoms with Gasteiger partial charge in [0.05, 0.1) is 0 Å². The van der Waals surface area contributed by atoms with E-state index >= 15 is 0 Å². The van der Waals surface area contributed by atoms with Gasteiger partial charge in [0, 0.05) is 0 Å². The van der Waals surface area contributed by atoms with Crippen molar-refractivity contribution in [1.82, 2.24) is 0 Å². The van der Waals surface area contributed by atoms with Crippen molar-refractivity contribution in [3.8, 4) is 0 Å². The van der Waals surface area contributed by atoms with Crippen molar-refractivity contribution in [1.29, 1.82) is 0 Å². The molecule has 0 unspecified atom stereocenters. The van der Waals surface area contributed by atoms with Crippen LogP contribution in [0, 0.1) is 248 Å². The first-order chi connectivity index (χ1) is 0. The molecule has 0 amide bonds. The van der Waals surface area contributed by atoms with Crippen molar-refractivity contribution in [2.24, 2.45) is 0 Å². The van der Waals surface area contributed by atoms with Crippen molar-refractivity contribution < 1.29 is 292 Å². The Balaban J connectivity index is 0. The Morgan fingerprint density at radius 1 is 0.143 bits per heavy atom. The fourth-order valence-corrected chi connectivity index (χ4v) is 0. The Labute approximate surface area is 282 Å². The molecule has 0 aliphatic rings. The van der Waals surface area contributed by atoms with Gasteiger partial charge < -0.3 is 43.8 Å². The van der Waals surface area contributed by atoms with E-state index in [-0.39, 0.29) is 292 Å². The van der Waals surface area contributed by atoms with Gasteiger partial charge >= 0.3 is 248 Å². The molecule has 8 nitrogen and oxygen atoms in total. The van der Waals surface area contributed by atoms with E-state index in [1.54, 1.807) is 0 Å². The van der Waals surface area contributed by atoms with Crippen LogP contribution in [0.1, 0.15) is 0 Å². The largest absolute Gasteiger partial charge is 3.00 e. The maximum absolute atomic E-state index is 0. The molecule has 0 aromatic carbocycles. The summed E-state index contributed by atoms with van der Waals surface area (Å²) >= 11 is 0. The van der Waals surface area contributed by atoms with E-state index in [0.717, 1.165) is 0 Å². The first-order valence-electron chi connectivity index (χ1n) is 0.